The number of nitro groups is 1. The average molecular weight is 500 g/mol. The van der Waals surface area contributed by atoms with Gasteiger partial charge in [0.2, 0.25) is 0 Å². The summed E-state index contributed by atoms with van der Waals surface area (Å²) in [6.45, 7) is 0. The maximum Gasteiger partial charge on any atom is 0.270 e. The second-order valence-electron chi connectivity index (χ2n) is 6.10. The van der Waals surface area contributed by atoms with E-state index in [0.717, 1.165) is 12.1 Å². The number of anilines is 2. The number of hydrogen-bond acceptors (Lipinski definition) is 6. The molecule has 0 aliphatic carbocycles. The fourth-order valence-corrected chi connectivity index (χ4v) is 4.55. The van der Waals surface area contributed by atoms with Crippen LogP contribution in [0.15, 0.2) is 70.7 Å². The third-order valence-corrected chi connectivity index (χ3v) is 6.04. The molecule has 12 heteroatoms. The summed E-state index contributed by atoms with van der Waals surface area (Å²) >= 11 is 17.9. The van der Waals surface area contributed by atoms with Gasteiger partial charge in [-0.25, -0.2) is 8.42 Å². The molecule has 0 aliphatic rings. The highest BCUT2D eigenvalue weighted by atomic mass is 35.5. The Morgan fingerprint density at radius 1 is 0.935 bits per heavy atom. The first-order valence-electron chi connectivity index (χ1n) is 8.47. The van der Waals surface area contributed by atoms with Gasteiger partial charge in [0.15, 0.2) is 0 Å². The lowest BCUT2D eigenvalue weighted by molar-refractivity contribution is -0.385. The van der Waals surface area contributed by atoms with Crippen molar-refractivity contribution >= 4 is 68.1 Å². The van der Waals surface area contributed by atoms with Crippen LogP contribution < -0.4 is 10.1 Å². The van der Waals surface area contributed by atoms with Gasteiger partial charge in [0.25, 0.3) is 15.7 Å². The number of halogens is 3. The van der Waals surface area contributed by atoms with Crippen LogP contribution in [0.2, 0.25) is 15.1 Å². The van der Waals surface area contributed by atoms with E-state index in [-0.39, 0.29) is 21.3 Å². The molecule has 0 aliphatic heterocycles. The van der Waals surface area contributed by atoms with Crippen LogP contribution in [0.4, 0.5) is 17.1 Å². The lowest BCUT2D eigenvalue weighted by Gasteiger charge is -2.12. The molecular weight excluding hydrogens is 487 g/mol. The van der Waals surface area contributed by atoms with E-state index in [2.05, 4.69) is 15.2 Å². The van der Waals surface area contributed by atoms with Crippen molar-refractivity contribution in [3.05, 3.63) is 91.4 Å². The van der Waals surface area contributed by atoms with Crippen molar-refractivity contribution in [2.75, 3.05) is 10.1 Å². The van der Waals surface area contributed by atoms with Crippen molar-refractivity contribution in [1.29, 1.82) is 0 Å². The van der Waals surface area contributed by atoms with Gasteiger partial charge in [-0.3, -0.25) is 20.3 Å². The summed E-state index contributed by atoms with van der Waals surface area (Å²) < 4.78 is 28.2. The number of sulfonamides is 1. The Hall–Kier alpha value is -2.85. The minimum atomic E-state index is -4.25. The van der Waals surface area contributed by atoms with Crippen LogP contribution in [0.25, 0.3) is 0 Å². The van der Waals surface area contributed by atoms with E-state index in [9.17, 15) is 18.5 Å². The van der Waals surface area contributed by atoms with Gasteiger partial charge in [-0.1, -0.05) is 46.9 Å². The molecule has 3 aromatic rings. The van der Waals surface area contributed by atoms with Crippen molar-refractivity contribution in [1.82, 2.24) is 0 Å². The molecule has 0 saturated carbocycles. The van der Waals surface area contributed by atoms with Crippen molar-refractivity contribution in [2.24, 2.45) is 5.10 Å². The van der Waals surface area contributed by atoms with Gasteiger partial charge < -0.3 is 0 Å². The van der Waals surface area contributed by atoms with Crippen LogP contribution in [0.3, 0.4) is 0 Å². The van der Waals surface area contributed by atoms with E-state index in [1.807, 2.05) is 0 Å². The largest absolute Gasteiger partial charge is 0.278 e. The number of para-hydroxylation sites is 1. The van der Waals surface area contributed by atoms with Crippen LogP contribution in [0, 0.1) is 10.1 Å². The highest BCUT2D eigenvalue weighted by Crippen LogP contribution is 2.30. The summed E-state index contributed by atoms with van der Waals surface area (Å²) in [5, 5.41) is 16.1. The van der Waals surface area contributed by atoms with Gasteiger partial charge in [0.05, 0.1) is 27.5 Å². The lowest BCUT2D eigenvalue weighted by Crippen LogP contribution is -2.15. The van der Waals surface area contributed by atoms with E-state index in [1.165, 1.54) is 24.4 Å². The Balaban J connectivity index is 1.96. The molecule has 0 amide bonds. The second-order valence-corrected chi connectivity index (χ2v) is 9.03. The molecule has 0 unspecified atom stereocenters. The van der Waals surface area contributed by atoms with Crippen molar-refractivity contribution in [3.63, 3.8) is 0 Å². The van der Waals surface area contributed by atoms with Gasteiger partial charge in [-0.2, -0.15) is 5.10 Å². The first-order valence-corrected chi connectivity index (χ1v) is 11.1. The molecule has 0 fully saturated rings. The normalized spacial score (nSPS) is 11.5. The molecule has 2 N–H and O–H groups in total. The monoisotopic (exact) mass is 498 g/mol. The van der Waals surface area contributed by atoms with Gasteiger partial charge >= 0.3 is 0 Å². The van der Waals surface area contributed by atoms with Gasteiger partial charge in [-0.05, 0) is 42.0 Å². The summed E-state index contributed by atoms with van der Waals surface area (Å²) in [6.07, 6.45) is 1.37. The molecular formula is C19H13Cl3N4O4S. The molecule has 3 aromatic carbocycles. The maximum absolute atomic E-state index is 13.0. The summed E-state index contributed by atoms with van der Waals surface area (Å²) in [6, 6.07) is 14.3. The minimum Gasteiger partial charge on any atom is -0.278 e. The summed E-state index contributed by atoms with van der Waals surface area (Å²) in [7, 11) is -4.25. The van der Waals surface area contributed by atoms with Crippen molar-refractivity contribution in [3.8, 4) is 0 Å². The smallest absolute Gasteiger partial charge is 0.270 e. The maximum atomic E-state index is 13.0. The molecule has 0 heterocycles. The van der Waals surface area contributed by atoms with E-state index < -0.39 is 20.6 Å². The first kappa shape index (κ1) is 22.8. The fourth-order valence-electron chi connectivity index (χ4n) is 2.51. The number of nitrogens with one attached hydrogen (secondary N) is 2. The standard InChI is InChI=1S/C19H13Cl3N4O4S/c20-13-7-12(8-14(21)9-13)11-23-24-18-6-5-15(26(27)28)10-19(18)31(29,30)25-17-4-2-1-3-16(17)22/h1-11,24-25H. The Morgan fingerprint density at radius 3 is 2.26 bits per heavy atom. The van der Waals surface area contributed by atoms with Crippen LogP contribution >= 0.6 is 34.8 Å². The third kappa shape index (κ3) is 5.86. The van der Waals surface area contributed by atoms with E-state index in [1.54, 1.807) is 30.3 Å². The molecule has 160 valence electrons. The fraction of sp³-hybridized carbons (Fsp3) is 0. The highest BCUT2D eigenvalue weighted by Gasteiger charge is 2.23. The van der Waals surface area contributed by atoms with Gasteiger partial charge in [0.1, 0.15) is 4.90 Å². The van der Waals surface area contributed by atoms with Crippen LogP contribution in [0.1, 0.15) is 5.56 Å². The number of nitro benzene ring substituents is 1. The van der Waals surface area contributed by atoms with Crippen molar-refractivity contribution in [2.45, 2.75) is 4.90 Å². The van der Waals surface area contributed by atoms with Gasteiger partial charge in [-0.15, -0.1) is 0 Å². The number of nitrogens with zero attached hydrogens (tertiary/aromatic N) is 2. The zero-order valence-corrected chi connectivity index (χ0v) is 18.5. The molecule has 31 heavy (non-hydrogen) atoms. The molecule has 0 atom stereocenters. The average Bonchev–Trinajstić information content (AvgIpc) is 2.69. The van der Waals surface area contributed by atoms with Crippen LogP contribution in [0.5, 0.6) is 0 Å². The third-order valence-electron chi connectivity index (χ3n) is 3.87. The first-order chi connectivity index (χ1) is 14.7. The molecule has 0 radical (unpaired) electrons. The van der Waals surface area contributed by atoms with E-state index >= 15 is 0 Å². The number of hydrazone groups is 1. The zero-order chi connectivity index (χ0) is 22.6. The Labute approximate surface area is 192 Å². The van der Waals surface area contributed by atoms with E-state index in [0.29, 0.717) is 15.6 Å². The quantitative estimate of drug-likeness (QED) is 0.242. The molecule has 8 nitrogen and oxygen atoms in total. The van der Waals surface area contributed by atoms with Crippen LogP contribution in [-0.2, 0) is 10.0 Å². The summed E-state index contributed by atoms with van der Waals surface area (Å²) in [5.74, 6) is 0. The molecule has 0 saturated heterocycles. The predicted octanol–water partition coefficient (Wildman–Crippen LogP) is 5.80. The Kier molecular flexibility index (Phi) is 7.01. The molecule has 0 aromatic heterocycles. The highest BCUT2D eigenvalue weighted by molar-refractivity contribution is 7.93. The SMILES string of the molecule is O=[N+]([O-])c1ccc(NN=Cc2cc(Cl)cc(Cl)c2)c(S(=O)(=O)Nc2ccccc2Cl)c1. The number of rotatable bonds is 7. The summed E-state index contributed by atoms with van der Waals surface area (Å²) in [5.41, 5.74) is 2.87. The molecule has 3 rings (SSSR count). The molecule has 0 bridgehead atoms. The number of hydrogen-bond donors (Lipinski definition) is 2. The second kappa shape index (κ2) is 9.52. The number of benzene rings is 3. The predicted molar refractivity (Wildman–Crippen MR) is 123 cm³/mol. The topological polar surface area (TPSA) is 114 Å². The van der Waals surface area contributed by atoms with Gasteiger partial charge in [0, 0.05) is 22.2 Å². The number of non-ortho nitro benzene ring substituents is 1. The molecule has 0 spiro atoms. The van der Waals surface area contributed by atoms with Crippen molar-refractivity contribution < 1.29 is 13.3 Å². The Bertz CT molecular complexity index is 1260. The zero-order valence-electron chi connectivity index (χ0n) is 15.4. The lowest BCUT2D eigenvalue weighted by atomic mass is 10.2. The van der Waals surface area contributed by atoms with Crippen LogP contribution in [-0.4, -0.2) is 19.6 Å². The summed E-state index contributed by atoms with van der Waals surface area (Å²) in [4.78, 5) is 10.1. The van der Waals surface area contributed by atoms with E-state index in [4.69, 9.17) is 34.8 Å². The minimum absolute atomic E-state index is 0.00882. The Morgan fingerprint density at radius 2 is 1.61 bits per heavy atom.